The van der Waals surface area contributed by atoms with Gasteiger partial charge >= 0.3 is 0 Å². The highest BCUT2D eigenvalue weighted by Gasteiger charge is 2.22. The third kappa shape index (κ3) is 4.84. The average Bonchev–Trinajstić information content (AvgIpc) is 2.72. The molecular weight excluding hydrogens is 424 g/mol. The Labute approximate surface area is 180 Å². The molecule has 0 aliphatic carbocycles. The fourth-order valence-corrected chi connectivity index (χ4v) is 3.97. The molecule has 7 nitrogen and oxygen atoms in total. The first kappa shape index (κ1) is 21.9. The van der Waals surface area contributed by atoms with Gasteiger partial charge < -0.3 is 5.32 Å². The van der Waals surface area contributed by atoms with Gasteiger partial charge in [0.1, 0.15) is 5.82 Å². The minimum absolute atomic E-state index is 0.0223. The molecule has 9 heteroatoms. The van der Waals surface area contributed by atoms with E-state index in [9.17, 15) is 13.2 Å². The number of nitrogens with one attached hydrogen (secondary N) is 1. The van der Waals surface area contributed by atoms with Gasteiger partial charge in [0.2, 0.25) is 10.0 Å². The van der Waals surface area contributed by atoms with E-state index in [1.807, 2.05) is 13.8 Å². The van der Waals surface area contributed by atoms with Crippen LogP contribution in [-0.4, -0.2) is 35.6 Å². The predicted octanol–water partition coefficient (Wildman–Crippen LogP) is 3.82. The second-order valence-corrected chi connectivity index (χ2v) is 9.28. The van der Waals surface area contributed by atoms with E-state index in [1.165, 1.54) is 23.7 Å². The van der Waals surface area contributed by atoms with Gasteiger partial charge in [-0.15, -0.1) is 0 Å². The van der Waals surface area contributed by atoms with Crippen LogP contribution < -0.4 is 5.32 Å². The molecule has 0 saturated carbocycles. The molecule has 0 aliphatic rings. The number of hydrogen-bond acceptors (Lipinski definition) is 5. The van der Waals surface area contributed by atoms with Gasteiger partial charge in [0.25, 0.3) is 5.91 Å². The normalized spacial score (nSPS) is 11.5. The number of aryl methyl sites for hydroxylation is 1. The molecule has 0 atom stereocenters. The number of amides is 1. The largest absolute Gasteiger partial charge is 0.322 e. The smallest absolute Gasteiger partial charge is 0.258 e. The number of aromatic nitrogens is 2. The Bertz CT molecular complexity index is 1160. The van der Waals surface area contributed by atoms with Crippen molar-refractivity contribution in [2.75, 3.05) is 12.4 Å². The molecule has 1 amide bonds. The van der Waals surface area contributed by atoms with Crippen LogP contribution >= 0.6 is 11.6 Å². The molecule has 0 unspecified atom stereocenters. The van der Waals surface area contributed by atoms with Gasteiger partial charge in [-0.2, -0.15) is 4.31 Å². The Morgan fingerprint density at radius 1 is 1.07 bits per heavy atom. The second-order valence-electron chi connectivity index (χ2n) is 6.83. The van der Waals surface area contributed by atoms with E-state index in [4.69, 9.17) is 11.6 Å². The summed E-state index contributed by atoms with van der Waals surface area (Å²) < 4.78 is 26.5. The third-order valence-corrected chi connectivity index (χ3v) is 6.80. The van der Waals surface area contributed by atoms with E-state index in [0.717, 1.165) is 11.1 Å². The predicted molar refractivity (Wildman–Crippen MR) is 116 cm³/mol. The van der Waals surface area contributed by atoms with Crippen LogP contribution in [0.5, 0.6) is 0 Å². The highest BCUT2D eigenvalue weighted by molar-refractivity contribution is 7.89. The quantitative estimate of drug-likeness (QED) is 0.623. The number of rotatable bonds is 6. The van der Waals surface area contributed by atoms with Crippen molar-refractivity contribution in [2.24, 2.45) is 0 Å². The third-order valence-electron chi connectivity index (χ3n) is 4.58. The van der Waals surface area contributed by atoms with E-state index < -0.39 is 10.0 Å². The van der Waals surface area contributed by atoms with Gasteiger partial charge in [-0.3, -0.25) is 4.79 Å². The van der Waals surface area contributed by atoms with E-state index in [1.54, 1.807) is 42.5 Å². The van der Waals surface area contributed by atoms with Crippen molar-refractivity contribution in [3.05, 3.63) is 82.4 Å². The van der Waals surface area contributed by atoms with Crippen LogP contribution in [0.1, 0.15) is 27.3 Å². The van der Waals surface area contributed by atoms with Gasteiger partial charge in [-0.05, 0) is 43.7 Å². The molecule has 0 radical (unpaired) electrons. The van der Waals surface area contributed by atoms with E-state index in [-0.39, 0.29) is 28.7 Å². The molecule has 3 rings (SSSR count). The standard InChI is InChI=1S/C21H21ClN4O3S/c1-14-7-9-17(10-8-14)30(28,29)26(3)13-20-23-11-16(12-24-20)21(27)25-19-6-4-5-18(22)15(19)2/h4-12H,13H2,1-3H3,(H,25,27). The number of carbonyl (C=O) groups is 1. The summed E-state index contributed by atoms with van der Waals surface area (Å²) in [6.07, 6.45) is 2.73. The highest BCUT2D eigenvalue weighted by Crippen LogP contribution is 2.23. The zero-order chi connectivity index (χ0) is 21.9. The lowest BCUT2D eigenvalue weighted by atomic mass is 10.2. The average molecular weight is 445 g/mol. The zero-order valence-corrected chi connectivity index (χ0v) is 18.3. The van der Waals surface area contributed by atoms with E-state index >= 15 is 0 Å². The van der Waals surface area contributed by atoms with Gasteiger partial charge in [0.15, 0.2) is 0 Å². The first-order valence-corrected chi connectivity index (χ1v) is 10.9. The van der Waals surface area contributed by atoms with Crippen LogP contribution in [-0.2, 0) is 16.6 Å². The number of hydrogen-bond donors (Lipinski definition) is 1. The minimum Gasteiger partial charge on any atom is -0.322 e. The summed E-state index contributed by atoms with van der Waals surface area (Å²) in [5.41, 5.74) is 2.58. The van der Waals surface area contributed by atoms with Crippen LogP contribution in [0, 0.1) is 13.8 Å². The molecule has 1 heterocycles. The van der Waals surface area contributed by atoms with Crippen molar-refractivity contribution in [1.29, 1.82) is 0 Å². The summed E-state index contributed by atoms with van der Waals surface area (Å²) >= 11 is 6.07. The summed E-state index contributed by atoms with van der Waals surface area (Å²) in [6, 6.07) is 11.8. The second kappa shape index (κ2) is 8.91. The maximum Gasteiger partial charge on any atom is 0.258 e. The monoisotopic (exact) mass is 444 g/mol. The maximum atomic E-state index is 12.7. The van der Waals surface area contributed by atoms with Crippen LogP contribution in [0.4, 0.5) is 5.69 Å². The number of anilines is 1. The molecule has 2 aromatic carbocycles. The maximum absolute atomic E-state index is 12.7. The van der Waals surface area contributed by atoms with Crippen LogP contribution in [0.25, 0.3) is 0 Å². The number of sulfonamides is 1. The molecule has 0 fully saturated rings. The molecule has 156 valence electrons. The van der Waals surface area contributed by atoms with Crippen molar-refractivity contribution in [3.8, 4) is 0 Å². The van der Waals surface area contributed by atoms with Gasteiger partial charge in [-0.25, -0.2) is 18.4 Å². The fourth-order valence-electron chi connectivity index (χ4n) is 2.67. The molecule has 0 aliphatic heterocycles. The van der Waals surface area contributed by atoms with Gasteiger partial charge in [0.05, 0.1) is 17.0 Å². The van der Waals surface area contributed by atoms with E-state index in [2.05, 4.69) is 15.3 Å². The summed E-state index contributed by atoms with van der Waals surface area (Å²) in [5.74, 6) is -0.101. The minimum atomic E-state index is -3.67. The molecule has 0 saturated heterocycles. The molecule has 0 bridgehead atoms. The van der Waals surface area contributed by atoms with Crippen molar-refractivity contribution >= 4 is 33.2 Å². The van der Waals surface area contributed by atoms with Crippen LogP contribution in [0.3, 0.4) is 0 Å². The number of nitrogens with zero attached hydrogens (tertiary/aromatic N) is 3. The first-order chi connectivity index (χ1) is 14.2. The van der Waals surface area contributed by atoms with Crippen molar-refractivity contribution in [2.45, 2.75) is 25.3 Å². The van der Waals surface area contributed by atoms with Gasteiger partial charge in [0, 0.05) is 30.2 Å². The Hall–Kier alpha value is -2.81. The number of carbonyl (C=O) groups excluding carboxylic acids is 1. The van der Waals surface area contributed by atoms with E-state index in [0.29, 0.717) is 10.7 Å². The van der Waals surface area contributed by atoms with Gasteiger partial charge in [-0.1, -0.05) is 35.4 Å². The lowest BCUT2D eigenvalue weighted by Crippen LogP contribution is -2.27. The summed E-state index contributed by atoms with van der Waals surface area (Å²) in [6.45, 7) is 3.67. The Morgan fingerprint density at radius 3 is 2.33 bits per heavy atom. The molecule has 1 aromatic heterocycles. The SMILES string of the molecule is Cc1ccc(S(=O)(=O)N(C)Cc2ncc(C(=O)Nc3cccc(Cl)c3C)cn2)cc1. The summed E-state index contributed by atoms with van der Waals surface area (Å²) in [7, 11) is -2.21. The lowest BCUT2D eigenvalue weighted by molar-refractivity contribution is 0.102. The number of benzene rings is 2. The molecule has 0 spiro atoms. The van der Waals surface area contributed by atoms with Crippen molar-refractivity contribution in [1.82, 2.24) is 14.3 Å². The molecule has 30 heavy (non-hydrogen) atoms. The topological polar surface area (TPSA) is 92.3 Å². The fraction of sp³-hybridized carbons (Fsp3) is 0.190. The summed E-state index contributed by atoms with van der Waals surface area (Å²) in [5, 5.41) is 3.32. The Kier molecular flexibility index (Phi) is 6.50. The van der Waals surface area contributed by atoms with Crippen molar-refractivity contribution < 1.29 is 13.2 Å². The number of halogens is 1. The molecule has 3 aromatic rings. The highest BCUT2D eigenvalue weighted by atomic mass is 35.5. The van der Waals surface area contributed by atoms with Crippen molar-refractivity contribution in [3.63, 3.8) is 0 Å². The Morgan fingerprint density at radius 2 is 1.70 bits per heavy atom. The molecular formula is C21H21ClN4O3S. The Balaban J connectivity index is 1.70. The zero-order valence-electron chi connectivity index (χ0n) is 16.8. The van der Waals surface area contributed by atoms with Crippen LogP contribution in [0.15, 0.2) is 59.8 Å². The van der Waals surface area contributed by atoms with Crippen LogP contribution in [0.2, 0.25) is 5.02 Å². The summed E-state index contributed by atoms with van der Waals surface area (Å²) in [4.78, 5) is 20.9. The lowest BCUT2D eigenvalue weighted by Gasteiger charge is -2.16. The molecule has 1 N–H and O–H groups in total. The first-order valence-electron chi connectivity index (χ1n) is 9.09.